The third kappa shape index (κ3) is 3.98. The topological polar surface area (TPSA) is 68.4 Å². The van der Waals surface area contributed by atoms with Crippen LogP contribution in [0.4, 0.5) is 11.4 Å². The van der Waals surface area contributed by atoms with Gasteiger partial charge in [-0.15, -0.1) is 0 Å². The molecule has 3 rings (SSSR count). The summed E-state index contributed by atoms with van der Waals surface area (Å²) in [6, 6.07) is 8.03. The van der Waals surface area contributed by atoms with Gasteiger partial charge in [0.25, 0.3) is 11.2 Å². The van der Waals surface area contributed by atoms with E-state index in [0.717, 1.165) is 30.4 Å². The molecule has 1 aliphatic heterocycles. The van der Waals surface area contributed by atoms with Crippen molar-refractivity contribution >= 4 is 27.3 Å². The van der Waals surface area contributed by atoms with Gasteiger partial charge in [-0.1, -0.05) is 19.8 Å². The molecule has 0 radical (unpaired) electrons. The Morgan fingerprint density at radius 3 is 2.62 bits per heavy atom. The van der Waals surface area contributed by atoms with Crippen molar-refractivity contribution in [2.75, 3.05) is 18.0 Å². The lowest BCUT2D eigenvalue weighted by Crippen LogP contribution is -2.34. The molecule has 0 bridgehead atoms. The largest absolute Gasteiger partial charge is 0.366 e. The van der Waals surface area contributed by atoms with Crippen LogP contribution in [0.3, 0.4) is 0 Å². The Labute approximate surface area is 160 Å². The number of hydrogen-bond donors (Lipinski definition) is 0. The highest BCUT2D eigenvalue weighted by molar-refractivity contribution is 9.10. The summed E-state index contributed by atoms with van der Waals surface area (Å²) in [5, 5.41) is 11.5. The van der Waals surface area contributed by atoms with Gasteiger partial charge >= 0.3 is 0 Å². The molecular formula is C19H22BrN3O3. The zero-order valence-corrected chi connectivity index (χ0v) is 16.3. The average Bonchev–Trinajstić information content (AvgIpc) is 2.64. The third-order valence-corrected chi connectivity index (χ3v) is 5.43. The molecule has 0 spiro atoms. The van der Waals surface area contributed by atoms with Crippen molar-refractivity contribution < 1.29 is 4.92 Å². The summed E-state index contributed by atoms with van der Waals surface area (Å²) in [7, 11) is 0. The van der Waals surface area contributed by atoms with Gasteiger partial charge in [0.1, 0.15) is 5.69 Å². The second-order valence-electron chi connectivity index (χ2n) is 6.70. The SMILES string of the molecule is CCCC1CCN(c2cc(-n3cc(Br)ccc3=O)ccc2[N+](=O)[O-])CC1. The van der Waals surface area contributed by atoms with E-state index in [1.165, 1.54) is 29.5 Å². The number of rotatable bonds is 5. The van der Waals surface area contributed by atoms with E-state index in [2.05, 4.69) is 27.8 Å². The monoisotopic (exact) mass is 419 g/mol. The molecule has 0 amide bonds. The van der Waals surface area contributed by atoms with Gasteiger partial charge in [-0.05, 0) is 52.9 Å². The Kier molecular flexibility index (Phi) is 5.76. The molecule has 1 aromatic heterocycles. The summed E-state index contributed by atoms with van der Waals surface area (Å²) in [6.07, 6.45) is 6.16. The first-order valence-corrected chi connectivity index (χ1v) is 9.71. The van der Waals surface area contributed by atoms with Crippen LogP contribution in [0.2, 0.25) is 0 Å². The Morgan fingerprint density at radius 2 is 1.96 bits per heavy atom. The number of piperidine rings is 1. The molecule has 1 fully saturated rings. The summed E-state index contributed by atoms with van der Waals surface area (Å²) in [5.74, 6) is 0.700. The number of hydrogen-bond acceptors (Lipinski definition) is 4. The van der Waals surface area contributed by atoms with Crippen LogP contribution in [0.1, 0.15) is 32.6 Å². The van der Waals surface area contributed by atoms with Crippen LogP contribution in [0, 0.1) is 16.0 Å². The first kappa shape index (κ1) is 18.6. The van der Waals surface area contributed by atoms with E-state index in [4.69, 9.17) is 0 Å². The van der Waals surface area contributed by atoms with E-state index in [0.29, 0.717) is 17.3 Å². The maximum absolute atomic E-state index is 12.2. The van der Waals surface area contributed by atoms with Crippen LogP contribution < -0.4 is 10.5 Å². The molecule has 0 atom stereocenters. The number of nitro groups is 1. The van der Waals surface area contributed by atoms with Crippen LogP contribution in [0.15, 0.2) is 45.8 Å². The molecule has 26 heavy (non-hydrogen) atoms. The number of pyridine rings is 1. The normalized spacial score (nSPS) is 15.2. The number of halogens is 1. The lowest BCUT2D eigenvalue weighted by molar-refractivity contribution is -0.384. The van der Waals surface area contributed by atoms with E-state index < -0.39 is 0 Å². The lowest BCUT2D eigenvalue weighted by atomic mass is 9.92. The van der Waals surface area contributed by atoms with E-state index in [1.807, 2.05) is 0 Å². The summed E-state index contributed by atoms with van der Waals surface area (Å²) >= 11 is 3.37. The number of nitro benzene ring substituents is 1. The van der Waals surface area contributed by atoms with Crippen molar-refractivity contribution in [2.24, 2.45) is 5.92 Å². The van der Waals surface area contributed by atoms with E-state index in [-0.39, 0.29) is 16.2 Å². The molecule has 0 unspecified atom stereocenters. The van der Waals surface area contributed by atoms with E-state index in [1.54, 1.807) is 24.4 Å². The standard InChI is InChI=1S/C19H22BrN3O3/c1-2-3-14-8-10-21(11-9-14)18-12-16(5-6-17(18)23(25)26)22-13-15(20)4-7-19(22)24/h4-7,12-14H,2-3,8-11H2,1H3. The average molecular weight is 420 g/mol. The third-order valence-electron chi connectivity index (χ3n) is 4.96. The minimum atomic E-state index is -0.346. The fraction of sp³-hybridized carbons (Fsp3) is 0.421. The fourth-order valence-electron chi connectivity index (χ4n) is 3.60. The smallest absolute Gasteiger partial charge is 0.292 e. The van der Waals surface area contributed by atoms with Crippen LogP contribution in [0.5, 0.6) is 0 Å². The van der Waals surface area contributed by atoms with Crippen LogP contribution >= 0.6 is 15.9 Å². The fourth-order valence-corrected chi connectivity index (χ4v) is 3.94. The highest BCUT2D eigenvalue weighted by atomic mass is 79.9. The van der Waals surface area contributed by atoms with E-state index >= 15 is 0 Å². The van der Waals surface area contributed by atoms with Crippen LogP contribution in [-0.4, -0.2) is 22.6 Å². The number of nitrogens with zero attached hydrogens (tertiary/aromatic N) is 3. The van der Waals surface area contributed by atoms with Crippen molar-refractivity contribution in [3.8, 4) is 5.69 Å². The predicted molar refractivity (Wildman–Crippen MR) is 106 cm³/mol. The molecule has 0 saturated carbocycles. The Morgan fingerprint density at radius 1 is 1.23 bits per heavy atom. The van der Waals surface area contributed by atoms with Gasteiger partial charge in [0.05, 0.1) is 10.6 Å². The molecular weight excluding hydrogens is 398 g/mol. The molecule has 0 aliphatic carbocycles. The highest BCUT2D eigenvalue weighted by Gasteiger charge is 2.25. The molecule has 1 saturated heterocycles. The quantitative estimate of drug-likeness (QED) is 0.527. The maximum atomic E-state index is 12.2. The van der Waals surface area contributed by atoms with Crippen LogP contribution in [-0.2, 0) is 0 Å². The Bertz CT molecular complexity index is 857. The lowest BCUT2D eigenvalue weighted by Gasteiger charge is -2.33. The molecule has 7 heteroatoms. The predicted octanol–water partition coefficient (Wildman–Crippen LogP) is 4.52. The first-order valence-electron chi connectivity index (χ1n) is 8.91. The van der Waals surface area contributed by atoms with Crippen molar-refractivity contribution in [1.29, 1.82) is 0 Å². The molecule has 138 valence electrons. The van der Waals surface area contributed by atoms with Crippen molar-refractivity contribution in [3.63, 3.8) is 0 Å². The number of benzene rings is 1. The number of anilines is 1. The maximum Gasteiger partial charge on any atom is 0.292 e. The van der Waals surface area contributed by atoms with Gasteiger partial charge in [0.15, 0.2) is 0 Å². The summed E-state index contributed by atoms with van der Waals surface area (Å²) in [4.78, 5) is 25.4. The van der Waals surface area contributed by atoms with Gasteiger partial charge in [-0.25, -0.2) is 0 Å². The Balaban J connectivity index is 1.97. The van der Waals surface area contributed by atoms with Crippen LogP contribution in [0.25, 0.3) is 5.69 Å². The summed E-state index contributed by atoms with van der Waals surface area (Å²) in [6.45, 7) is 3.81. The molecule has 2 aromatic rings. The van der Waals surface area contributed by atoms with Gasteiger partial charge in [0, 0.05) is 35.9 Å². The van der Waals surface area contributed by atoms with Gasteiger partial charge in [-0.2, -0.15) is 0 Å². The Hall–Kier alpha value is -2.15. The number of aromatic nitrogens is 1. The minimum absolute atomic E-state index is 0.0886. The molecule has 0 N–H and O–H groups in total. The van der Waals surface area contributed by atoms with Crippen molar-refractivity contribution in [1.82, 2.24) is 4.57 Å². The molecule has 1 aromatic carbocycles. The van der Waals surface area contributed by atoms with Gasteiger partial charge in [0.2, 0.25) is 0 Å². The van der Waals surface area contributed by atoms with Gasteiger partial charge in [-0.3, -0.25) is 19.5 Å². The van der Waals surface area contributed by atoms with E-state index in [9.17, 15) is 14.9 Å². The molecule has 2 heterocycles. The minimum Gasteiger partial charge on any atom is -0.366 e. The summed E-state index contributed by atoms with van der Waals surface area (Å²) < 4.78 is 2.28. The highest BCUT2D eigenvalue weighted by Crippen LogP contribution is 2.34. The van der Waals surface area contributed by atoms with Crippen molar-refractivity contribution in [3.05, 3.63) is 61.5 Å². The summed E-state index contributed by atoms with van der Waals surface area (Å²) in [5.41, 5.74) is 1.14. The van der Waals surface area contributed by atoms with Crippen molar-refractivity contribution in [2.45, 2.75) is 32.6 Å². The van der Waals surface area contributed by atoms with Gasteiger partial charge < -0.3 is 4.90 Å². The molecule has 6 nitrogen and oxygen atoms in total. The first-order chi connectivity index (χ1) is 12.5. The second kappa shape index (κ2) is 8.03. The zero-order chi connectivity index (χ0) is 18.7. The molecule has 1 aliphatic rings. The second-order valence-corrected chi connectivity index (χ2v) is 7.62. The zero-order valence-electron chi connectivity index (χ0n) is 14.7.